The molecule has 2 heterocycles. The minimum absolute atomic E-state index is 0.0177. The number of nitrogens with zero attached hydrogens (tertiary/aromatic N) is 1. The highest BCUT2D eigenvalue weighted by molar-refractivity contribution is 7.91. The van der Waals surface area contributed by atoms with Crippen molar-refractivity contribution >= 4 is 21.8 Å². The Balaban J connectivity index is 1.77. The Morgan fingerprint density at radius 3 is 2.61 bits per heavy atom. The molecule has 23 heavy (non-hydrogen) atoms. The Kier molecular flexibility index (Phi) is 5.32. The van der Waals surface area contributed by atoms with E-state index in [1.165, 1.54) is 0 Å². The number of rotatable bonds is 3. The molecular formula is C14H25N3O5S. The predicted molar refractivity (Wildman–Crippen MR) is 84.8 cm³/mol. The van der Waals surface area contributed by atoms with Crippen LogP contribution in [0.25, 0.3) is 0 Å². The molecule has 0 saturated carbocycles. The summed E-state index contributed by atoms with van der Waals surface area (Å²) in [6.07, 6.45) is 0.406. The molecule has 0 aromatic rings. The molecule has 132 valence electrons. The Morgan fingerprint density at radius 1 is 1.35 bits per heavy atom. The maximum atomic E-state index is 12.0. The molecule has 2 aliphatic heterocycles. The Hall–Kier alpha value is -1.19. The molecule has 0 aromatic heterocycles. The van der Waals surface area contributed by atoms with Gasteiger partial charge in [0.2, 0.25) is 5.91 Å². The highest BCUT2D eigenvalue weighted by Crippen LogP contribution is 2.20. The summed E-state index contributed by atoms with van der Waals surface area (Å²) in [7, 11) is -3.06. The monoisotopic (exact) mass is 347 g/mol. The van der Waals surface area contributed by atoms with Gasteiger partial charge in [0.05, 0.1) is 29.8 Å². The number of sulfone groups is 1. The van der Waals surface area contributed by atoms with E-state index in [2.05, 4.69) is 10.6 Å². The van der Waals surface area contributed by atoms with Crippen LogP contribution in [0.5, 0.6) is 0 Å². The number of hydrogen-bond acceptors (Lipinski definition) is 6. The number of morpholine rings is 1. The Morgan fingerprint density at radius 2 is 2.04 bits per heavy atom. The van der Waals surface area contributed by atoms with Crippen LogP contribution >= 0.6 is 0 Å². The normalized spacial score (nSPS) is 29.9. The zero-order valence-electron chi connectivity index (χ0n) is 13.8. The fourth-order valence-electron chi connectivity index (χ4n) is 3.21. The zero-order chi connectivity index (χ0) is 17.3. The molecule has 2 N–H and O–H groups in total. The molecule has 2 unspecified atom stereocenters. The number of carbonyl (C=O) groups is 2. The van der Waals surface area contributed by atoms with E-state index in [0.717, 1.165) is 0 Å². The summed E-state index contributed by atoms with van der Waals surface area (Å²) in [5, 5.41) is 4.79. The van der Waals surface area contributed by atoms with Gasteiger partial charge in [-0.25, -0.2) is 13.2 Å². The van der Waals surface area contributed by atoms with Gasteiger partial charge in [-0.2, -0.15) is 0 Å². The minimum atomic E-state index is -3.06. The third kappa shape index (κ3) is 5.74. The highest BCUT2D eigenvalue weighted by atomic mass is 32.2. The van der Waals surface area contributed by atoms with Crippen molar-refractivity contribution in [3.8, 4) is 0 Å². The van der Waals surface area contributed by atoms with Crippen LogP contribution in [0.3, 0.4) is 0 Å². The first kappa shape index (κ1) is 18.2. The maximum absolute atomic E-state index is 12.0. The van der Waals surface area contributed by atoms with Gasteiger partial charge in [0.25, 0.3) is 0 Å². The molecule has 2 saturated heterocycles. The molecule has 2 aliphatic rings. The highest BCUT2D eigenvalue weighted by Gasteiger charge is 2.33. The molecular weight excluding hydrogens is 322 g/mol. The molecule has 0 spiro atoms. The number of carbonyl (C=O) groups excluding carboxylic acids is 2. The van der Waals surface area contributed by atoms with Crippen molar-refractivity contribution in [3.63, 3.8) is 0 Å². The van der Waals surface area contributed by atoms with Crippen LogP contribution < -0.4 is 10.6 Å². The second kappa shape index (κ2) is 6.74. The molecule has 0 bridgehead atoms. The molecule has 8 nitrogen and oxygen atoms in total. The third-order valence-corrected chi connectivity index (χ3v) is 5.60. The lowest BCUT2D eigenvalue weighted by atomic mass is 10.1. The molecule has 3 amide bonds. The Labute approximate surface area is 136 Å². The number of amides is 3. The van der Waals surface area contributed by atoms with Crippen molar-refractivity contribution in [3.05, 3.63) is 0 Å². The van der Waals surface area contributed by atoms with Gasteiger partial charge in [0.15, 0.2) is 9.84 Å². The van der Waals surface area contributed by atoms with E-state index in [1.54, 1.807) is 0 Å². The van der Waals surface area contributed by atoms with Crippen LogP contribution in [-0.4, -0.2) is 74.1 Å². The van der Waals surface area contributed by atoms with E-state index in [1.807, 2.05) is 25.7 Å². The summed E-state index contributed by atoms with van der Waals surface area (Å²) in [5.74, 6) is -0.399. The van der Waals surface area contributed by atoms with Gasteiger partial charge in [0, 0.05) is 19.1 Å². The van der Waals surface area contributed by atoms with Crippen LogP contribution in [-0.2, 0) is 19.4 Å². The molecule has 0 aliphatic carbocycles. The fraction of sp³-hybridized carbons (Fsp3) is 0.857. The molecule has 2 atom stereocenters. The predicted octanol–water partition coefficient (Wildman–Crippen LogP) is -0.501. The Bertz CT molecular complexity index is 575. The quantitative estimate of drug-likeness (QED) is 0.713. The summed E-state index contributed by atoms with van der Waals surface area (Å²) in [6.45, 7) is 7.20. The second-order valence-electron chi connectivity index (χ2n) is 6.98. The molecule has 0 radical (unpaired) electrons. The van der Waals surface area contributed by atoms with E-state index in [9.17, 15) is 18.0 Å². The second-order valence-corrected chi connectivity index (χ2v) is 9.21. The lowest BCUT2D eigenvalue weighted by Gasteiger charge is -2.41. The van der Waals surface area contributed by atoms with Crippen LogP contribution in [0.4, 0.5) is 4.79 Å². The zero-order valence-corrected chi connectivity index (χ0v) is 14.6. The first-order chi connectivity index (χ1) is 10.5. The summed E-state index contributed by atoms with van der Waals surface area (Å²) in [6, 6.07) is -1.06. The lowest BCUT2D eigenvalue weighted by Crippen LogP contribution is -2.55. The van der Waals surface area contributed by atoms with Gasteiger partial charge in [-0.1, -0.05) is 0 Å². The van der Waals surface area contributed by atoms with E-state index in [-0.39, 0.29) is 29.8 Å². The molecule has 2 rings (SSSR count). The summed E-state index contributed by atoms with van der Waals surface area (Å²) in [5.41, 5.74) is -0.335. The van der Waals surface area contributed by atoms with Crippen molar-refractivity contribution in [2.75, 3.05) is 31.1 Å². The van der Waals surface area contributed by atoms with Crippen LogP contribution in [0.15, 0.2) is 0 Å². The average Bonchev–Trinajstić information content (AvgIpc) is 2.64. The van der Waals surface area contributed by atoms with Gasteiger partial charge in [-0.3, -0.25) is 15.0 Å². The largest absolute Gasteiger partial charge is 0.370 e. The molecule has 2 fully saturated rings. The smallest absolute Gasteiger partial charge is 0.321 e. The van der Waals surface area contributed by atoms with Crippen molar-refractivity contribution in [2.24, 2.45) is 0 Å². The van der Waals surface area contributed by atoms with Crippen molar-refractivity contribution in [2.45, 2.75) is 44.9 Å². The van der Waals surface area contributed by atoms with Crippen LogP contribution in [0.2, 0.25) is 0 Å². The lowest BCUT2D eigenvalue weighted by molar-refractivity contribution is -0.138. The van der Waals surface area contributed by atoms with E-state index in [0.29, 0.717) is 19.5 Å². The molecule has 0 aromatic carbocycles. The van der Waals surface area contributed by atoms with Crippen molar-refractivity contribution in [1.82, 2.24) is 15.5 Å². The summed E-state index contributed by atoms with van der Waals surface area (Å²) in [4.78, 5) is 25.7. The van der Waals surface area contributed by atoms with Crippen LogP contribution in [0, 0.1) is 0 Å². The van der Waals surface area contributed by atoms with Crippen molar-refractivity contribution < 1.29 is 22.7 Å². The first-order valence-corrected chi connectivity index (χ1v) is 9.58. The van der Waals surface area contributed by atoms with Gasteiger partial charge in [-0.05, 0) is 27.2 Å². The van der Waals surface area contributed by atoms with E-state index >= 15 is 0 Å². The topological polar surface area (TPSA) is 105 Å². The van der Waals surface area contributed by atoms with Gasteiger partial charge in [0.1, 0.15) is 0 Å². The van der Waals surface area contributed by atoms with Crippen LogP contribution in [0.1, 0.15) is 27.2 Å². The number of imide groups is 1. The van der Waals surface area contributed by atoms with Crippen molar-refractivity contribution in [1.29, 1.82) is 0 Å². The van der Waals surface area contributed by atoms with Gasteiger partial charge >= 0.3 is 6.03 Å². The standard InChI is InChI=1S/C14H25N3O5S/c1-10-6-17(9-14(2,3)22-10)7-12(18)16-13(19)15-11-4-5-23(20,21)8-11/h10-11H,4-9H2,1-3H3,(H2,15,16,18,19). The van der Waals surface area contributed by atoms with E-state index in [4.69, 9.17) is 4.74 Å². The van der Waals surface area contributed by atoms with Gasteiger partial charge in [-0.15, -0.1) is 0 Å². The third-order valence-electron chi connectivity index (χ3n) is 3.83. The number of hydrogen-bond donors (Lipinski definition) is 2. The summed E-state index contributed by atoms with van der Waals surface area (Å²) < 4.78 is 28.4. The number of nitrogens with one attached hydrogen (secondary N) is 2. The summed E-state index contributed by atoms with van der Waals surface area (Å²) >= 11 is 0. The number of urea groups is 1. The maximum Gasteiger partial charge on any atom is 0.321 e. The van der Waals surface area contributed by atoms with E-state index < -0.39 is 27.8 Å². The first-order valence-electron chi connectivity index (χ1n) is 7.76. The average molecular weight is 347 g/mol. The molecule has 9 heteroatoms. The van der Waals surface area contributed by atoms with Gasteiger partial charge < -0.3 is 10.1 Å². The SMILES string of the molecule is CC1CN(CC(=O)NC(=O)NC2CCS(=O)(=O)C2)CC(C)(C)O1. The number of ether oxygens (including phenoxy) is 1. The fourth-order valence-corrected chi connectivity index (χ4v) is 4.88. The minimum Gasteiger partial charge on any atom is -0.370 e.